The van der Waals surface area contributed by atoms with E-state index in [0.717, 1.165) is 27.6 Å². The first-order valence-electron chi connectivity index (χ1n) is 5.98. The van der Waals surface area contributed by atoms with Gasteiger partial charge in [-0.3, -0.25) is 0 Å². The number of benzene rings is 2. The Bertz CT molecular complexity index is 781. The summed E-state index contributed by atoms with van der Waals surface area (Å²) in [6.07, 6.45) is 3.54. The maximum absolute atomic E-state index is 9.19. The fourth-order valence-corrected chi connectivity index (χ4v) is 2.36. The maximum Gasteiger partial charge on any atom is 0.127 e. The van der Waals surface area contributed by atoms with E-state index in [-0.39, 0.29) is 0 Å². The van der Waals surface area contributed by atoms with Gasteiger partial charge >= 0.3 is 0 Å². The van der Waals surface area contributed by atoms with Crippen LogP contribution in [0.5, 0.6) is 5.75 Å². The quantitative estimate of drug-likeness (QED) is 0.751. The molecule has 2 aromatic carbocycles. The van der Waals surface area contributed by atoms with Gasteiger partial charge in [0.2, 0.25) is 0 Å². The second kappa shape index (κ2) is 4.51. The Morgan fingerprint density at radius 1 is 1.11 bits per heavy atom. The number of aromatic amines is 1. The van der Waals surface area contributed by atoms with Crippen LogP contribution in [0.2, 0.25) is 0 Å². The van der Waals surface area contributed by atoms with E-state index in [1.807, 2.05) is 36.5 Å². The van der Waals surface area contributed by atoms with Crippen molar-refractivity contribution in [2.45, 2.75) is 0 Å². The summed E-state index contributed by atoms with van der Waals surface area (Å²) in [7, 11) is 1.65. The molecular formula is C16H12N2O. The third-order valence-corrected chi connectivity index (χ3v) is 3.25. The topological polar surface area (TPSA) is 48.8 Å². The molecule has 0 unspecified atom stereocenters. The second-order valence-corrected chi connectivity index (χ2v) is 4.26. The van der Waals surface area contributed by atoms with Crippen LogP contribution in [0, 0.1) is 11.3 Å². The van der Waals surface area contributed by atoms with Crippen molar-refractivity contribution in [3.05, 3.63) is 54.4 Å². The number of nitriles is 1. The Hall–Kier alpha value is -2.73. The van der Waals surface area contributed by atoms with E-state index in [2.05, 4.69) is 17.1 Å². The van der Waals surface area contributed by atoms with Crippen LogP contribution in [0.25, 0.3) is 21.9 Å². The van der Waals surface area contributed by atoms with E-state index in [1.165, 1.54) is 0 Å². The van der Waals surface area contributed by atoms with Gasteiger partial charge in [0.15, 0.2) is 0 Å². The molecule has 0 amide bonds. The van der Waals surface area contributed by atoms with Crippen LogP contribution in [0.3, 0.4) is 0 Å². The summed E-state index contributed by atoms with van der Waals surface area (Å²) >= 11 is 0. The van der Waals surface area contributed by atoms with Crippen LogP contribution < -0.4 is 4.74 Å². The zero-order valence-electron chi connectivity index (χ0n) is 10.5. The van der Waals surface area contributed by atoms with Crippen molar-refractivity contribution in [3.63, 3.8) is 0 Å². The molecular weight excluding hydrogens is 236 g/mol. The van der Waals surface area contributed by atoms with E-state index >= 15 is 0 Å². The lowest BCUT2D eigenvalue weighted by atomic mass is 9.97. The molecule has 19 heavy (non-hydrogen) atoms. The van der Waals surface area contributed by atoms with Crippen LogP contribution in [0.4, 0.5) is 0 Å². The van der Waals surface area contributed by atoms with Crippen molar-refractivity contribution in [2.75, 3.05) is 7.11 Å². The zero-order valence-corrected chi connectivity index (χ0v) is 10.5. The van der Waals surface area contributed by atoms with Gasteiger partial charge in [-0.2, -0.15) is 5.26 Å². The predicted octanol–water partition coefficient (Wildman–Crippen LogP) is 3.72. The highest BCUT2D eigenvalue weighted by Gasteiger charge is 2.14. The summed E-state index contributed by atoms with van der Waals surface area (Å²) in [6, 6.07) is 14.3. The van der Waals surface area contributed by atoms with Gasteiger partial charge in [0.05, 0.1) is 12.7 Å². The molecule has 0 saturated carbocycles. The summed E-state index contributed by atoms with van der Waals surface area (Å²) < 4.78 is 5.45. The summed E-state index contributed by atoms with van der Waals surface area (Å²) in [5.41, 5.74) is 2.45. The van der Waals surface area contributed by atoms with Gasteiger partial charge < -0.3 is 9.72 Å². The summed E-state index contributed by atoms with van der Waals surface area (Å²) in [5, 5.41) is 11.4. The molecule has 0 bridgehead atoms. The van der Waals surface area contributed by atoms with Crippen molar-refractivity contribution in [1.82, 2.24) is 4.98 Å². The fourth-order valence-electron chi connectivity index (χ4n) is 2.36. The number of H-pyrrole nitrogens is 1. The smallest absolute Gasteiger partial charge is 0.127 e. The van der Waals surface area contributed by atoms with Crippen molar-refractivity contribution in [1.29, 1.82) is 5.26 Å². The number of hydrogen-bond acceptors (Lipinski definition) is 2. The monoisotopic (exact) mass is 248 g/mol. The van der Waals surface area contributed by atoms with Crippen LogP contribution in [-0.2, 0) is 0 Å². The summed E-state index contributed by atoms with van der Waals surface area (Å²) in [6.45, 7) is 0. The number of nitrogens with zero attached hydrogens (tertiary/aromatic N) is 1. The Morgan fingerprint density at radius 3 is 2.74 bits per heavy atom. The van der Waals surface area contributed by atoms with Gasteiger partial charge in [-0.1, -0.05) is 30.3 Å². The number of nitrogens with one attached hydrogen (secondary N) is 1. The minimum Gasteiger partial charge on any atom is -0.496 e. The Morgan fingerprint density at radius 2 is 1.95 bits per heavy atom. The summed E-state index contributed by atoms with van der Waals surface area (Å²) in [4.78, 5) is 2.99. The number of aromatic nitrogens is 1. The van der Waals surface area contributed by atoms with Crippen LogP contribution in [0.1, 0.15) is 5.56 Å². The van der Waals surface area contributed by atoms with Gasteiger partial charge in [-0.05, 0) is 16.8 Å². The molecule has 3 rings (SSSR count). The maximum atomic E-state index is 9.19. The lowest BCUT2D eigenvalue weighted by Gasteiger charge is -2.11. The Labute approximate surface area is 111 Å². The highest BCUT2D eigenvalue weighted by molar-refractivity contribution is 6.00. The third-order valence-electron chi connectivity index (χ3n) is 3.25. The number of fused-ring (bicyclic) bond motifs is 1. The normalized spacial score (nSPS) is 10.3. The zero-order chi connectivity index (χ0) is 13.2. The predicted molar refractivity (Wildman–Crippen MR) is 75.0 cm³/mol. The van der Waals surface area contributed by atoms with Crippen LogP contribution >= 0.6 is 0 Å². The molecule has 0 aliphatic rings. The molecule has 3 heteroatoms. The number of rotatable bonds is 2. The number of hydrogen-bond donors (Lipinski definition) is 1. The molecule has 1 heterocycles. The Kier molecular flexibility index (Phi) is 2.70. The third kappa shape index (κ3) is 1.74. The van der Waals surface area contributed by atoms with Crippen molar-refractivity contribution in [3.8, 4) is 22.9 Å². The van der Waals surface area contributed by atoms with E-state index < -0.39 is 0 Å². The molecule has 0 aliphatic carbocycles. The lowest BCUT2D eigenvalue weighted by Crippen LogP contribution is -1.90. The molecule has 0 aliphatic heterocycles. The van der Waals surface area contributed by atoms with Gasteiger partial charge in [0.25, 0.3) is 0 Å². The molecule has 92 valence electrons. The second-order valence-electron chi connectivity index (χ2n) is 4.26. The molecule has 0 saturated heterocycles. The van der Waals surface area contributed by atoms with Crippen molar-refractivity contribution >= 4 is 10.8 Å². The van der Waals surface area contributed by atoms with Crippen LogP contribution in [-0.4, -0.2) is 12.1 Å². The molecule has 0 fully saturated rings. The first-order valence-corrected chi connectivity index (χ1v) is 5.98. The molecule has 3 nitrogen and oxygen atoms in total. The van der Waals surface area contributed by atoms with Gasteiger partial charge in [-0.15, -0.1) is 0 Å². The van der Waals surface area contributed by atoms with Crippen molar-refractivity contribution in [2.24, 2.45) is 0 Å². The Balaban J connectivity index is 2.41. The molecule has 1 aromatic heterocycles. The first kappa shape index (κ1) is 11.4. The highest BCUT2D eigenvalue weighted by Crippen LogP contribution is 2.38. The summed E-state index contributed by atoms with van der Waals surface area (Å²) in [5.74, 6) is 0.773. The number of methoxy groups -OCH3 is 1. The SMILES string of the molecule is COc1ccc2ccccc2c1-c1c[nH]cc1C#N. The average Bonchev–Trinajstić information content (AvgIpc) is 2.94. The van der Waals surface area contributed by atoms with E-state index in [4.69, 9.17) is 4.74 Å². The van der Waals surface area contributed by atoms with E-state index in [9.17, 15) is 5.26 Å². The van der Waals surface area contributed by atoms with Gasteiger partial charge in [-0.25, -0.2) is 0 Å². The molecule has 1 N–H and O–H groups in total. The highest BCUT2D eigenvalue weighted by atomic mass is 16.5. The molecule has 0 spiro atoms. The average molecular weight is 248 g/mol. The minimum atomic E-state index is 0.620. The van der Waals surface area contributed by atoms with Crippen molar-refractivity contribution < 1.29 is 4.74 Å². The van der Waals surface area contributed by atoms with E-state index in [0.29, 0.717) is 5.56 Å². The first-order chi connectivity index (χ1) is 9.35. The standard InChI is InChI=1S/C16H12N2O/c1-19-15-7-6-11-4-2-3-5-13(11)16(15)14-10-18-9-12(14)8-17/h2-7,9-10,18H,1H3. The molecule has 0 atom stereocenters. The van der Waals surface area contributed by atoms with Gasteiger partial charge in [0, 0.05) is 23.5 Å². The molecule has 3 aromatic rings. The largest absolute Gasteiger partial charge is 0.496 e. The minimum absolute atomic E-state index is 0.620. The van der Waals surface area contributed by atoms with Gasteiger partial charge in [0.1, 0.15) is 11.8 Å². The van der Waals surface area contributed by atoms with E-state index in [1.54, 1.807) is 13.3 Å². The number of ether oxygens (including phenoxy) is 1. The van der Waals surface area contributed by atoms with Crippen LogP contribution in [0.15, 0.2) is 48.8 Å². The lowest BCUT2D eigenvalue weighted by molar-refractivity contribution is 0.417. The fraction of sp³-hybridized carbons (Fsp3) is 0.0625. The molecule has 0 radical (unpaired) electrons.